The van der Waals surface area contributed by atoms with Crippen LogP contribution in [-0.2, 0) is 28.8 Å². The average Bonchev–Trinajstić information content (AvgIpc) is 3.59. The number of methoxy groups -OCH3 is 2. The van der Waals surface area contributed by atoms with Gasteiger partial charge in [0.25, 0.3) is 0 Å². The molecular formula is C27H30F3N5O5. The molecule has 2 atom stereocenters. The third kappa shape index (κ3) is 6.71. The molecule has 1 aliphatic heterocycles. The summed E-state index contributed by atoms with van der Waals surface area (Å²) in [7, 11) is 2.79. The number of esters is 1. The van der Waals surface area contributed by atoms with E-state index in [4.69, 9.17) is 14.2 Å². The van der Waals surface area contributed by atoms with Gasteiger partial charge in [0, 0.05) is 19.6 Å². The van der Waals surface area contributed by atoms with Gasteiger partial charge in [-0.1, -0.05) is 23.4 Å². The lowest BCUT2D eigenvalue weighted by Crippen LogP contribution is -2.42. The molecule has 214 valence electrons. The summed E-state index contributed by atoms with van der Waals surface area (Å²) < 4.78 is 56.6. The highest BCUT2D eigenvalue weighted by molar-refractivity contribution is 5.86. The van der Waals surface area contributed by atoms with Crippen LogP contribution in [0.25, 0.3) is 0 Å². The summed E-state index contributed by atoms with van der Waals surface area (Å²) >= 11 is 0. The van der Waals surface area contributed by atoms with Crippen molar-refractivity contribution in [1.82, 2.24) is 25.2 Å². The number of alkyl halides is 3. The minimum absolute atomic E-state index is 0.0445. The van der Waals surface area contributed by atoms with Crippen LogP contribution in [0.4, 0.5) is 13.2 Å². The zero-order valence-electron chi connectivity index (χ0n) is 22.3. The second-order valence-corrected chi connectivity index (χ2v) is 9.24. The zero-order chi connectivity index (χ0) is 28.9. The Morgan fingerprint density at radius 3 is 2.60 bits per heavy atom. The van der Waals surface area contributed by atoms with E-state index < -0.39 is 23.8 Å². The Kier molecular flexibility index (Phi) is 8.93. The topological polar surface area (TPSA) is 108 Å². The molecule has 10 nitrogen and oxygen atoms in total. The van der Waals surface area contributed by atoms with Gasteiger partial charge in [-0.05, 0) is 48.7 Å². The van der Waals surface area contributed by atoms with E-state index >= 15 is 0 Å². The van der Waals surface area contributed by atoms with Crippen molar-refractivity contribution in [2.75, 3.05) is 27.4 Å². The fourth-order valence-electron chi connectivity index (χ4n) is 4.66. The number of nitrogens with zero attached hydrogens (tertiary/aromatic N) is 4. The first-order valence-corrected chi connectivity index (χ1v) is 12.6. The average molecular weight is 562 g/mol. The van der Waals surface area contributed by atoms with E-state index in [1.807, 2.05) is 24.0 Å². The van der Waals surface area contributed by atoms with Crippen molar-refractivity contribution in [1.29, 1.82) is 0 Å². The molecule has 1 fully saturated rings. The first kappa shape index (κ1) is 28.9. The molecule has 1 saturated heterocycles. The molecule has 40 heavy (non-hydrogen) atoms. The van der Waals surface area contributed by atoms with E-state index in [0.717, 1.165) is 17.7 Å². The maximum absolute atomic E-state index is 13.4. The number of amides is 1. The molecule has 0 radical (unpaired) electrons. The number of halogens is 3. The van der Waals surface area contributed by atoms with E-state index in [2.05, 4.69) is 15.6 Å². The van der Waals surface area contributed by atoms with Crippen LogP contribution in [0, 0.1) is 0 Å². The smallest absolute Gasteiger partial charge is 0.416 e. The fourth-order valence-corrected chi connectivity index (χ4v) is 4.66. The Bertz CT molecular complexity index is 1350. The van der Waals surface area contributed by atoms with Crippen molar-refractivity contribution in [3.63, 3.8) is 0 Å². The second kappa shape index (κ2) is 12.4. The van der Waals surface area contributed by atoms with E-state index in [0.29, 0.717) is 43.2 Å². The van der Waals surface area contributed by atoms with Crippen molar-refractivity contribution in [2.24, 2.45) is 0 Å². The summed E-state index contributed by atoms with van der Waals surface area (Å²) in [4.78, 5) is 27.2. The Hall–Kier alpha value is -4.13. The van der Waals surface area contributed by atoms with Gasteiger partial charge in [-0.2, -0.15) is 13.2 Å². The van der Waals surface area contributed by atoms with Gasteiger partial charge < -0.3 is 19.5 Å². The van der Waals surface area contributed by atoms with Crippen LogP contribution in [0.15, 0.2) is 48.7 Å². The van der Waals surface area contributed by atoms with Gasteiger partial charge >= 0.3 is 12.1 Å². The van der Waals surface area contributed by atoms with E-state index in [1.54, 1.807) is 13.2 Å². The van der Waals surface area contributed by atoms with E-state index in [-0.39, 0.29) is 24.2 Å². The van der Waals surface area contributed by atoms with Gasteiger partial charge in [0.05, 0.1) is 44.7 Å². The molecule has 0 saturated carbocycles. The highest BCUT2D eigenvalue weighted by Crippen LogP contribution is 2.33. The van der Waals surface area contributed by atoms with Gasteiger partial charge in [0.15, 0.2) is 17.2 Å². The number of hydrogen-bond acceptors (Lipinski definition) is 8. The lowest BCUT2D eigenvalue weighted by molar-refractivity contribution is -0.137. The Balaban J connectivity index is 1.54. The number of rotatable bonds is 10. The quantitative estimate of drug-likeness (QED) is 0.374. The molecule has 1 N–H and O–H groups in total. The summed E-state index contributed by atoms with van der Waals surface area (Å²) in [6, 6.07) is 9.43. The largest absolute Gasteiger partial charge is 0.493 e. The predicted octanol–water partition coefficient (Wildman–Crippen LogP) is 3.62. The van der Waals surface area contributed by atoms with Gasteiger partial charge in [-0.25, -0.2) is 9.48 Å². The van der Waals surface area contributed by atoms with Gasteiger partial charge in [0.2, 0.25) is 5.91 Å². The van der Waals surface area contributed by atoms with Crippen molar-refractivity contribution < 1.29 is 37.0 Å². The number of ether oxygens (including phenoxy) is 3. The molecule has 0 spiro atoms. The normalized spacial score (nSPS) is 17.4. The number of carbonyl (C=O) groups excluding carboxylic acids is 2. The lowest BCUT2D eigenvalue weighted by atomic mass is 10.1. The van der Waals surface area contributed by atoms with Crippen LogP contribution in [0.5, 0.6) is 11.5 Å². The van der Waals surface area contributed by atoms with Crippen LogP contribution < -0.4 is 14.8 Å². The maximum atomic E-state index is 13.4. The fraction of sp³-hybridized carbons (Fsp3) is 0.407. The highest BCUT2D eigenvalue weighted by atomic mass is 19.4. The first-order chi connectivity index (χ1) is 19.1. The third-order valence-corrected chi connectivity index (χ3v) is 6.60. The van der Waals surface area contributed by atoms with Crippen molar-refractivity contribution in [2.45, 2.75) is 44.7 Å². The molecule has 1 aromatic heterocycles. The van der Waals surface area contributed by atoms with Crippen molar-refractivity contribution in [3.8, 4) is 11.5 Å². The number of carbonyl (C=O) groups is 2. The van der Waals surface area contributed by atoms with Crippen molar-refractivity contribution in [3.05, 3.63) is 71.0 Å². The van der Waals surface area contributed by atoms with Crippen molar-refractivity contribution >= 4 is 11.9 Å². The summed E-state index contributed by atoms with van der Waals surface area (Å²) in [5.41, 5.74) is 0.469. The van der Waals surface area contributed by atoms with Crippen LogP contribution in [0.1, 0.15) is 46.6 Å². The molecule has 1 aliphatic rings. The SMILES string of the molecule is CCOc1cc(CN2C[C@@H](n3cc(C(=O)OC)nn3)C[C@H]2C(=O)NCc2cccc(C(F)(F)F)c2)ccc1OC. The van der Waals surface area contributed by atoms with Gasteiger partial charge in [-0.3, -0.25) is 9.69 Å². The molecule has 1 amide bonds. The van der Waals surface area contributed by atoms with Crippen LogP contribution in [0.3, 0.4) is 0 Å². The molecule has 2 aromatic carbocycles. The van der Waals surface area contributed by atoms with E-state index in [1.165, 1.54) is 30.1 Å². The molecule has 0 unspecified atom stereocenters. The molecule has 2 heterocycles. The minimum atomic E-state index is -4.48. The molecule has 0 aliphatic carbocycles. The summed E-state index contributed by atoms with van der Waals surface area (Å²) in [5, 5.41) is 10.7. The standard InChI is InChI=1S/C27H30F3N5O5/c1-4-40-24-11-18(8-9-23(24)38-2)14-34-15-20(35-16-21(32-33-35)26(37)39-3)12-22(34)25(36)31-13-17-6-5-7-19(10-17)27(28,29)30/h5-11,16,20,22H,4,12-15H2,1-3H3,(H,31,36)/t20-,22-/m0/s1. The van der Waals surface area contributed by atoms with Crippen LogP contribution >= 0.6 is 0 Å². The number of nitrogens with one attached hydrogen (secondary N) is 1. The van der Waals surface area contributed by atoms with Gasteiger partial charge in [0.1, 0.15) is 0 Å². The third-order valence-electron chi connectivity index (χ3n) is 6.60. The Morgan fingerprint density at radius 2 is 1.90 bits per heavy atom. The van der Waals surface area contributed by atoms with Crippen LogP contribution in [0.2, 0.25) is 0 Å². The summed E-state index contributed by atoms with van der Waals surface area (Å²) in [5.74, 6) is 0.186. The molecule has 0 bridgehead atoms. The zero-order valence-corrected chi connectivity index (χ0v) is 22.3. The van der Waals surface area contributed by atoms with Crippen LogP contribution in [-0.4, -0.2) is 65.2 Å². The van der Waals surface area contributed by atoms with E-state index in [9.17, 15) is 22.8 Å². The Morgan fingerprint density at radius 1 is 1.10 bits per heavy atom. The predicted molar refractivity (Wildman–Crippen MR) is 137 cm³/mol. The maximum Gasteiger partial charge on any atom is 0.416 e. The number of benzene rings is 2. The second-order valence-electron chi connectivity index (χ2n) is 9.24. The first-order valence-electron chi connectivity index (χ1n) is 12.6. The summed E-state index contributed by atoms with van der Waals surface area (Å²) in [6.45, 7) is 3.02. The van der Waals surface area contributed by atoms with Gasteiger partial charge in [-0.15, -0.1) is 5.10 Å². The monoisotopic (exact) mass is 561 g/mol. The highest BCUT2D eigenvalue weighted by Gasteiger charge is 2.38. The Labute approximate surface area is 229 Å². The number of hydrogen-bond donors (Lipinski definition) is 1. The molecular weight excluding hydrogens is 531 g/mol. The number of aromatic nitrogens is 3. The minimum Gasteiger partial charge on any atom is -0.493 e. The molecule has 4 rings (SSSR count). The lowest BCUT2D eigenvalue weighted by Gasteiger charge is -2.24. The summed E-state index contributed by atoms with van der Waals surface area (Å²) in [6.07, 6.45) is -2.67. The molecule has 3 aromatic rings. The molecule has 13 heteroatoms. The number of likely N-dealkylation sites (tertiary alicyclic amines) is 1.